The van der Waals surface area contributed by atoms with Crippen LogP contribution in [0, 0.1) is 0 Å². The molecule has 0 spiro atoms. The van der Waals surface area contributed by atoms with E-state index in [1.54, 1.807) is 6.92 Å². The molecule has 0 heterocycles. The van der Waals surface area contributed by atoms with Crippen LogP contribution in [0.3, 0.4) is 0 Å². The van der Waals surface area contributed by atoms with Crippen molar-refractivity contribution in [2.45, 2.75) is 97.0 Å². The summed E-state index contributed by atoms with van der Waals surface area (Å²) in [4.78, 5) is 10.3. The number of aliphatic hydroxyl groups is 1. The lowest BCUT2D eigenvalue weighted by molar-refractivity contribution is -0.137. The van der Waals surface area contributed by atoms with Gasteiger partial charge in [-0.15, -0.1) is 0 Å². The molecule has 21 heavy (non-hydrogen) atoms. The van der Waals surface area contributed by atoms with Gasteiger partial charge in [-0.05, 0) is 13.3 Å². The maximum atomic E-state index is 10.3. The number of carboxylic acids is 1. The first-order chi connectivity index (χ1) is 10.0. The lowest BCUT2D eigenvalue weighted by Crippen LogP contribution is -2.14. The zero-order valence-corrected chi connectivity index (χ0v) is 14.1. The van der Waals surface area contributed by atoms with Crippen molar-refractivity contribution >= 4 is 5.97 Å². The summed E-state index contributed by atoms with van der Waals surface area (Å²) in [7, 11) is 0. The third kappa shape index (κ3) is 28.3. The minimum atomic E-state index is -0.657. The Morgan fingerprint density at radius 3 is 1.52 bits per heavy atom. The van der Waals surface area contributed by atoms with Gasteiger partial charge >= 0.3 is 5.97 Å². The number of carbonyl (C=O) groups is 1. The minimum Gasteiger partial charge on any atom is -0.481 e. The summed E-state index contributed by atoms with van der Waals surface area (Å²) in [6.45, 7) is 4.26. The van der Waals surface area contributed by atoms with Crippen LogP contribution in [0.4, 0.5) is 0 Å². The molecule has 128 valence electrons. The lowest BCUT2D eigenvalue weighted by atomic mass is 10.1. The van der Waals surface area contributed by atoms with E-state index in [-0.39, 0.29) is 6.10 Å². The summed E-state index contributed by atoms with van der Waals surface area (Å²) in [5, 5.41) is 16.7. The van der Waals surface area contributed by atoms with Crippen LogP contribution in [0.1, 0.15) is 90.9 Å². The van der Waals surface area contributed by atoms with Gasteiger partial charge in [0.25, 0.3) is 0 Å². The molecule has 0 saturated carbocycles. The predicted octanol–water partition coefficient (Wildman–Crippen LogP) is 4.10. The number of hydrogen-bond acceptors (Lipinski definition) is 3. The molecule has 0 aliphatic heterocycles. The molecule has 1 atom stereocenters. The molecule has 1 unspecified atom stereocenters. The summed E-state index contributed by atoms with van der Waals surface area (Å²) < 4.78 is 0. The van der Waals surface area contributed by atoms with Gasteiger partial charge in [0.2, 0.25) is 0 Å². The molecule has 0 aliphatic rings. The van der Waals surface area contributed by atoms with Crippen LogP contribution in [0.2, 0.25) is 0 Å². The van der Waals surface area contributed by atoms with Crippen molar-refractivity contribution in [3.8, 4) is 0 Å². The molecule has 0 fully saturated rings. The molecular weight excluding hydrogens is 266 g/mol. The average Bonchev–Trinajstić information content (AvgIpc) is 2.45. The van der Waals surface area contributed by atoms with Gasteiger partial charge in [0.05, 0.1) is 6.10 Å². The molecule has 0 saturated heterocycles. The van der Waals surface area contributed by atoms with Crippen LogP contribution in [0.5, 0.6) is 0 Å². The highest BCUT2D eigenvalue weighted by atomic mass is 16.4. The number of carboxylic acid groups (broad SMARTS) is 1. The fourth-order valence-corrected chi connectivity index (χ4v) is 1.94. The Bertz CT molecular complexity index is 208. The monoisotopic (exact) mass is 303 g/mol. The number of aliphatic carboxylic acids is 1. The molecule has 0 aromatic carbocycles. The highest BCUT2D eigenvalue weighted by molar-refractivity contribution is 5.66. The van der Waals surface area contributed by atoms with Gasteiger partial charge in [0.15, 0.2) is 0 Å². The van der Waals surface area contributed by atoms with Gasteiger partial charge in [-0.3, -0.25) is 4.79 Å². The summed E-state index contributed by atoms with van der Waals surface area (Å²) in [6, 6.07) is 0. The van der Waals surface area contributed by atoms with Crippen molar-refractivity contribution < 1.29 is 15.0 Å². The first kappa shape index (κ1) is 22.7. The van der Waals surface area contributed by atoms with Crippen molar-refractivity contribution in [1.29, 1.82) is 0 Å². The van der Waals surface area contributed by atoms with Crippen LogP contribution in [-0.4, -0.2) is 28.8 Å². The van der Waals surface area contributed by atoms with Gasteiger partial charge in [0.1, 0.15) is 0 Å². The van der Waals surface area contributed by atoms with Gasteiger partial charge < -0.3 is 15.9 Å². The topological polar surface area (TPSA) is 83.5 Å². The molecule has 4 heteroatoms. The second-order valence-corrected chi connectivity index (χ2v) is 5.76. The molecule has 0 amide bonds. The van der Waals surface area contributed by atoms with E-state index in [1.165, 1.54) is 57.8 Å². The Hall–Kier alpha value is -0.610. The largest absolute Gasteiger partial charge is 0.481 e. The van der Waals surface area contributed by atoms with Gasteiger partial charge in [0, 0.05) is 13.0 Å². The number of unbranched alkanes of at least 4 members (excludes halogenated alkanes) is 10. The van der Waals surface area contributed by atoms with E-state index in [4.69, 9.17) is 15.9 Å². The third-order valence-electron chi connectivity index (χ3n) is 3.34. The van der Waals surface area contributed by atoms with Crippen LogP contribution in [0.25, 0.3) is 0 Å². The van der Waals surface area contributed by atoms with Gasteiger partial charge in [-0.1, -0.05) is 71.1 Å². The van der Waals surface area contributed by atoms with Crippen molar-refractivity contribution in [2.75, 3.05) is 6.54 Å². The van der Waals surface area contributed by atoms with E-state index in [1.807, 2.05) is 0 Å². The number of rotatable bonds is 13. The zero-order valence-electron chi connectivity index (χ0n) is 14.1. The third-order valence-corrected chi connectivity index (χ3v) is 3.34. The first-order valence-electron chi connectivity index (χ1n) is 8.64. The Morgan fingerprint density at radius 2 is 1.24 bits per heavy atom. The van der Waals surface area contributed by atoms with Crippen LogP contribution >= 0.6 is 0 Å². The molecular formula is C17H37NO3. The smallest absolute Gasteiger partial charge is 0.303 e. The molecule has 0 aliphatic carbocycles. The summed E-state index contributed by atoms with van der Waals surface area (Å²) in [5.41, 5.74) is 4.92. The normalized spacial score (nSPS) is 11.6. The highest BCUT2D eigenvalue weighted by Gasteiger charge is 1.96. The molecule has 4 nitrogen and oxygen atoms in total. The van der Waals surface area contributed by atoms with Crippen LogP contribution in [-0.2, 0) is 4.79 Å². The van der Waals surface area contributed by atoms with E-state index in [9.17, 15) is 4.79 Å². The lowest BCUT2D eigenvalue weighted by Gasteiger charge is -2.01. The van der Waals surface area contributed by atoms with Crippen LogP contribution < -0.4 is 5.73 Å². The van der Waals surface area contributed by atoms with Crippen molar-refractivity contribution in [3.05, 3.63) is 0 Å². The summed E-state index contributed by atoms with van der Waals surface area (Å²) >= 11 is 0. The molecule has 0 rings (SSSR count). The maximum absolute atomic E-state index is 10.3. The second kappa shape index (κ2) is 19.4. The Labute approximate surface area is 131 Å². The van der Waals surface area contributed by atoms with E-state index in [2.05, 4.69) is 6.92 Å². The van der Waals surface area contributed by atoms with Gasteiger partial charge in [-0.25, -0.2) is 0 Å². The minimum absolute atomic E-state index is 0.338. The van der Waals surface area contributed by atoms with Crippen molar-refractivity contribution in [2.24, 2.45) is 5.73 Å². The Balaban J connectivity index is 0. The molecule has 0 aromatic rings. The fourth-order valence-electron chi connectivity index (χ4n) is 1.94. The standard InChI is InChI=1S/C14H28O2.C3H9NO/c1-2-3-4-5-6-7-8-9-10-11-12-13-14(15)16;1-3(5)2-4/h2-13H2,1H3,(H,15,16);3,5H,2,4H2,1H3. The summed E-state index contributed by atoms with van der Waals surface area (Å²) in [6.07, 6.45) is 14.0. The van der Waals surface area contributed by atoms with Gasteiger partial charge in [-0.2, -0.15) is 0 Å². The van der Waals surface area contributed by atoms with Crippen molar-refractivity contribution in [3.63, 3.8) is 0 Å². The predicted molar refractivity (Wildman–Crippen MR) is 89.4 cm³/mol. The average molecular weight is 303 g/mol. The van der Waals surface area contributed by atoms with Crippen LogP contribution in [0.15, 0.2) is 0 Å². The molecule has 0 bridgehead atoms. The number of aliphatic hydroxyl groups excluding tert-OH is 1. The van der Waals surface area contributed by atoms with E-state index < -0.39 is 5.97 Å². The quantitative estimate of drug-likeness (QED) is 0.447. The summed E-state index contributed by atoms with van der Waals surface area (Å²) in [5.74, 6) is -0.657. The SMILES string of the molecule is CC(O)CN.CCCCCCCCCCCCCC(=O)O. The fraction of sp³-hybridized carbons (Fsp3) is 0.941. The zero-order chi connectivity index (χ0) is 16.3. The first-order valence-corrected chi connectivity index (χ1v) is 8.64. The van der Waals surface area contributed by atoms with E-state index in [0.717, 1.165) is 12.8 Å². The Kier molecular flexibility index (Phi) is 20.9. The number of nitrogens with two attached hydrogens (primary N) is 1. The molecule has 0 radical (unpaired) electrons. The van der Waals surface area contributed by atoms with E-state index in [0.29, 0.717) is 13.0 Å². The molecule has 0 aromatic heterocycles. The Morgan fingerprint density at radius 1 is 0.905 bits per heavy atom. The maximum Gasteiger partial charge on any atom is 0.303 e. The number of hydrogen-bond donors (Lipinski definition) is 3. The second-order valence-electron chi connectivity index (χ2n) is 5.76. The molecule has 4 N–H and O–H groups in total. The highest BCUT2D eigenvalue weighted by Crippen LogP contribution is 2.11. The van der Waals surface area contributed by atoms with E-state index >= 15 is 0 Å². The van der Waals surface area contributed by atoms with Crippen molar-refractivity contribution in [1.82, 2.24) is 0 Å².